The second-order valence-electron chi connectivity index (χ2n) is 2.19. The molecular weight excluding hydrogens is 141 g/mol. The van der Waals surface area contributed by atoms with E-state index < -0.39 is 0 Å². The van der Waals surface area contributed by atoms with Crippen molar-refractivity contribution in [2.75, 3.05) is 6.54 Å². The molecule has 0 unspecified atom stereocenters. The summed E-state index contributed by atoms with van der Waals surface area (Å²) >= 11 is 0. The van der Waals surface area contributed by atoms with Gasteiger partial charge in [0, 0.05) is 6.54 Å². The van der Waals surface area contributed by atoms with Gasteiger partial charge in [0.15, 0.2) is 0 Å². The van der Waals surface area contributed by atoms with E-state index >= 15 is 0 Å². The standard InChI is InChI=1S/C9H10FN/c10-9-5-1-3-8(7-9)4-2-6-11/h1-5,7H,6,11H2. The summed E-state index contributed by atoms with van der Waals surface area (Å²) in [6, 6.07) is 6.38. The van der Waals surface area contributed by atoms with Crippen LogP contribution in [0, 0.1) is 5.82 Å². The van der Waals surface area contributed by atoms with Crippen LogP contribution in [0.3, 0.4) is 0 Å². The van der Waals surface area contributed by atoms with Gasteiger partial charge in [0.2, 0.25) is 0 Å². The minimum Gasteiger partial charge on any atom is -0.327 e. The summed E-state index contributed by atoms with van der Waals surface area (Å²) in [5, 5.41) is 0. The highest BCUT2D eigenvalue weighted by atomic mass is 19.1. The maximum Gasteiger partial charge on any atom is 0.123 e. The first-order valence-corrected chi connectivity index (χ1v) is 3.45. The fraction of sp³-hybridized carbons (Fsp3) is 0.111. The van der Waals surface area contributed by atoms with Crippen LogP contribution < -0.4 is 5.73 Å². The molecule has 1 rings (SSSR count). The van der Waals surface area contributed by atoms with E-state index in [1.54, 1.807) is 18.2 Å². The normalized spacial score (nSPS) is 10.7. The van der Waals surface area contributed by atoms with Gasteiger partial charge in [-0.2, -0.15) is 0 Å². The van der Waals surface area contributed by atoms with Crippen LogP contribution in [0.5, 0.6) is 0 Å². The van der Waals surface area contributed by atoms with Gasteiger partial charge in [-0.05, 0) is 17.7 Å². The minimum absolute atomic E-state index is 0.218. The van der Waals surface area contributed by atoms with Crippen molar-refractivity contribution in [1.82, 2.24) is 0 Å². The predicted molar refractivity (Wildman–Crippen MR) is 44.5 cm³/mol. The molecular formula is C9H10FN. The number of nitrogens with two attached hydrogens (primary N) is 1. The summed E-state index contributed by atoms with van der Waals surface area (Å²) in [7, 11) is 0. The van der Waals surface area contributed by atoms with Gasteiger partial charge >= 0.3 is 0 Å². The predicted octanol–water partition coefficient (Wildman–Crippen LogP) is 1.80. The van der Waals surface area contributed by atoms with E-state index in [-0.39, 0.29) is 5.82 Å². The van der Waals surface area contributed by atoms with E-state index in [4.69, 9.17) is 5.73 Å². The first-order valence-electron chi connectivity index (χ1n) is 3.45. The fourth-order valence-corrected chi connectivity index (χ4v) is 0.814. The highest BCUT2D eigenvalue weighted by molar-refractivity contribution is 5.48. The van der Waals surface area contributed by atoms with Crippen molar-refractivity contribution in [2.45, 2.75) is 0 Å². The Hall–Kier alpha value is -1.15. The van der Waals surface area contributed by atoms with Gasteiger partial charge in [0.1, 0.15) is 5.82 Å². The van der Waals surface area contributed by atoms with Crippen molar-refractivity contribution in [3.05, 3.63) is 41.7 Å². The molecule has 0 spiro atoms. The summed E-state index contributed by atoms with van der Waals surface area (Å²) < 4.78 is 12.5. The Kier molecular flexibility index (Phi) is 2.81. The summed E-state index contributed by atoms with van der Waals surface area (Å²) in [5.74, 6) is -0.218. The zero-order valence-electron chi connectivity index (χ0n) is 6.13. The Bertz CT molecular complexity index is 255. The van der Waals surface area contributed by atoms with Crippen LogP contribution in [0.4, 0.5) is 4.39 Å². The van der Waals surface area contributed by atoms with Crippen LogP contribution in [0.15, 0.2) is 30.3 Å². The largest absolute Gasteiger partial charge is 0.327 e. The Morgan fingerprint density at radius 3 is 2.91 bits per heavy atom. The molecule has 0 fully saturated rings. The van der Waals surface area contributed by atoms with Gasteiger partial charge in [-0.3, -0.25) is 0 Å². The van der Waals surface area contributed by atoms with Gasteiger partial charge in [-0.25, -0.2) is 4.39 Å². The van der Waals surface area contributed by atoms with Crippen molar-refractivity contribution >= 4 is 6.08 Å². The van der Waals surface area contributed by atoms with Crippen molar-refractivity contribution in [1.29, 1.82) is 0 Å². The first kappa shape index (κ1) is 7.95. The van der Waals surface area contributed by atoms with Crippen molar-refractivity contribution in [2.24, 2.45) is 5.73 Å². The molecule has 0 aliphatic rings. The zero-order chi connectivity index (χ0) is 8.10. The molecule has 0 saturated heterocycles. The molecule has 0 radical (unpaired) electrons. The molecule has 0 aliphatic heterocycles. The summed E-state index contributed by atoms with van der Waals surface area (Å²) in [6.45, 7) is 0.483. The van der Waals surface area contributed by atoms with E-state index in [9.17, 15) is 4.39 Å². The SMILES string of the molecule is NCC=Cc1cccc(F)c1. The molecule has 0 bridgehead atoms. The van der Waals surface area contributed by atoms with Crippen LogP contribution >= 0.6 is 0 Å². The van der Waals surface area contributed by atoms with Gasteiger partial charge in [0.05, 0.1) is 0 Å². The van der Waals surface area contributed by atoms with Gasteiger partial charge in [-0.15, -0.1) is 0 Å². The average Bonchev–Trinajstić information content (AvgIpc) is 2.01. The lowest BCUT2D eigenvalue weighted by molar-refractivity contribution is 0.627. The molecule has 0 heterocycles. The van der Waals surface area contributed by atoms with Crippen molar-refractivity contribution in [3.63, 3.8) is 0 Å². The number of hydrogen-bond donors (Lipinski definition) is 1. The fourth-order valence-electron chi connectivity index (χ4n) is 0.814. The van der Waals surface area contributed by atoms with E-state index in [0.29, 0.717) is 6.54 Å². The maximum absolute atomic E-state index is 12.5. The monoisotopic (exact) mass is 151 g/mol. The highest BCUT2D eigenvalue weighted by Gasteiger charge is 1.88. The smallest absolute Gasteiger partial charge is 0.123 e. The summed E-state index contributed by atoms with van der Waals surface area (Å²) in [6.07, 6.45) is 3.58. The maximum atomic E-state index is 12.5. The quantitative estimate of drug-likeness (QED) is 0.685. The van der Waals surface area contributed by atoms with Crippen LogP contribution in [0.2, 0.25) is 0 Å². The van der Waals surface area contributed by atoms with E-state index in [0.717, 1.165) is 5.56 Å². The van der Waals surface area contributed by atoms with Crippen LogP contribution in [-0.2, 0) is 0 Å². The second-order valence-corrected chi connectivity index (χ2v) is 2.19. The number of rotatable bonds is 2. The molecule has 0 saturated carbocycles. The van der Waals surface area contributed by atoms with E-state index in [2.05, 4.69) is 0 Å². The van der Waals surface area contributed by atoms with E-state index in [1.165, 1.54) is 12.1 Å². The van der Waals surface area contributed by atoms with Gasteiger partial charge in [-0.1, -0.05) is 24.3 Å². The highest BCUT2D eigenvalue weighted by Crippen LogP contribution is 2.04. The lowest BCUT2D eigenvalue weighted by Crippen LogP contribution is -1.91. The molecule has 0 atom stereocenters. The Labute approximate surface area is 65.3 Å². The third kappa shape index (κ3) is 2.51. The lowest BCUT2D eigenvalue weighted by Gasteiger charge is -1.91. The first-order chi connectivity index (χ1) is 5.33. The van der Waals surface area contributed by atoms with E-state index in [1.807, 2.05) is 6.07 Å². The second kappa shape index (κ2) is 3.88. The van der Waals surface area contributed by atoms with Crippen molar-refractivity contribution < 1.29 is 4.39 Å². The molecule has 58 valence electrons. The Balaban J connectivity index is 2.79. The number of hydrogen-bond acceptors (Lipinski definition) is 1. The van der Waals surface area contributed by atoms with Crippen molar-refractivity contribution in [3.8, 4) is 0 Å². The third-order valence-electron chi connectivity index (χ3n) is 1.30. The van der Waals surface area contributed by atoms with Crippen LogP contribution in [0.1, 0.15) is 5.56 Å². The molecule has 2 heteroatoms. The molecule has 1 aromatic carbocycles. The average molecular weight is 151 g/mol. The molecule has 0 aromatic heterocycles. The summed E-state index contributed by atoms with van der Waals surface area (Å²) in [5.41, 5.74) is 6.08. The van der Waals surface area contributed by atoms with Crippen LogP contribution in [-0.4, -0.2) is 6.54 Å². The lowest BCUT2D eigenvalue weighted by atomic mass is 10.2. The molecule has 11 heavy (non-hydrogen) atoms. The number of halogens is 1. The molecule has 0 amide bonds. The van der Waals surface area contributed by atoms with Gasteiger partial charge in [0.25, 0.3) is 0 Å². The summed E-state index contributed by atoms with van der Waals surface area (Å²) in [4.78, 5) is 0. The van der Waals surface area contributed by atoms with Gasteiger partial charge < -0.3 is 5.73 Å². The third-order valence-corrected chi connectivity index (χ3v) is 1.30. The Morgan fingerprint density at radius 1 is 1.45 bits per heavy atom. The zero-order valence-corrected chi connectivity index (χ0v) is 6.13. The minimum atomic E-state index is -0.218. The molecule has 0 aliphatic carbocycles. The molecule has 2 N–H and O–H groups in total. The number of benzene rings is 1. The molecule has 1 aromatic rings. The van der Waals surface area contributed by atoms with Crippen LogP contribution in [0.25, 0.3) is 6.08 Å². The Morgan fingerprint density at radius 2 is 2.27 bits per heavy atom. The molecule has 1 nitrogen and oxygen atoms in total. The topological polar surface area (TPSA) is 26.0 Å².